The molecule has 0 saturated heterocycles. The number of para-hydroxylation sites is 1. The van der Waals surface area contributed by atoms with Gasteiger partial charge in [-0.05, 0) is 25.0 Å². The highest BCUT2D eigenvalue weighted by Crippen LogP contribution is 2.18. The highest BCUT2D eigenvalue weighted by Gasteiger charge is 2.24. The van der Waals surface area contributed by atoms with Crippen LogP contribution >= 0.6 is 0 Å². The van der Waals surface area contributed by atoms with Crippen LogP contribution in [-0.2, 0) is 4.79 Å². The Kier molecular flexibility index (Phi) is 4.74. The molecule has 2 N–H and O–H groups in total. The standard InChI is InChI=1S/C14H18FNO3/c15-10-5-1-4-8-13(10)19-9-14(18)16-11-6-2-3-7-12(11)17/h1,4-5,8,11-12,17H,2-3,6-7,9H2,(H,16,18)/t11-,12-/m0/s1. The number of ether oxygens (including phenoxy) is 1. The Labute approximate surface area is 111 Å². The predicted octanol–water partition coefficient (Wildman–Crippen LogP) is 1.62. The smallest absolute Gasteiger partial charge is 0.258 e. The molecule has 19 heavy (non-hydrogen) atoms. The van der Waals surface area contributed by atoms with Gasteiger partial charge in [0.05, 0.1) is 12.1 Å². The van der Waals surface area contributed by atoms with E-state index in [1.807, 2.05) is 0 Å². The van der Waals surface area contributed by atoms with Gasteiger partial charge in [0.25, 0.3) is 5.91 Å². The van der Waals surface area contributed by atoms with Crippen LogP contribution in [0.2, 0.25) is 0 Å². The van der Waals surface area contributed by atoms with Gasteiger partial charge in [-0.1, -0.05) is 25.0 Å². The third-order valence-corrected chi connectivity index (χ3v) is 3.27. The molecule has 0 radical (unpaired) electrons. The molecule has 1 amide bonds. The van der Waals surface area contributed by atoms with Crippen LogP contribution in [0.4, 0.5) is 4.39 Å². The quantitative estimate of drug-likeness (QED) is 0.871. The number of amides is 1. The average Bonchev–Trinajstić information content (AvgIpc) is 2.40. The average molecular weight is 267 g/mol. The number of hydrogen-bond donors (Lipinski definition) is 2. The Morgan fingerprint density at radius 3 is 2.84 bits per heavy atom. The van der Waals surface area contributed by atoms with Crippen molar-refractivity contribution in [3.05, 3.63) is 30.1 Å². The maximum atomic E-state index is 13.3. The largest absolute Gasteiger partial charge is 0.481 e. The lowest BCUT2D eigenvalue weighted by Crippen LogP contribution is -2.46. The number of nitrogens with one attached hydrogen (secondary N) is 1. The van der Waals surface area contributed by atoms with Crippen molar-refractivity contribution in [2.45, 2.75) is 37.8 Å². The Hall–Kier alpha value is -1.62. The summed E-state index contributed by atoms with van der Waals surface area (Å²) < 4.78 is 18.4. The Morgan fingerprint density at radius 1 is 1.37 bits per heavy atom. The first-order chi connectivity index (χ1) is 9.16. The van der Waals surface area contributed by atoms with Crippen molar-refractivity contribution in [1.82, 2.24) is 5.32 Å². The maximum Gasteiger partial charge on any atom is 0.258 e. The van der Waals surface area contributed by atoms with Crippen molar-refractivity contribution in [2.75, 3.05) is 6.61 Å². The van der Waals surface area contributed by atoms with E-state index >= 15 is 0 Å². The van der Waals surface area contributed by atoms with Crippen molar-refractivity contribution < 1.29 is 19.0 Å². The van der Waals surface area contributed by atoms with Crippen molar-refractivity contribution in [1.29, 1.82) is 0 Å². The number of carbonyl (C=O) groups excluding carboxylic acids is 1. The van der Waals surface area contributed by atoms with E-state index in [9.17, 15) is 14.3 Å². The predicted molar refractivity (Wildman–Crippen MR) is 68.3 cm³/mol. The number of halogens is 1. The number of benzene rings is 1. The summed E-state index contributed by atoms with van der Waals surface area (Å²) in [5.41, 5.74) is 0. The third kappa shape index (κ3) is 3.92. The van der Waals surface area contributed by atoms with Gasteiger partial charge in [0.15, 0.2) is 18.2 Å². The fourth-order valence-corrected chi connectivity index (χ4v) is 2.23. The number of carbonyl (C=O) groups is 1. The summed E-state index contributed by atoms with van der Waals surface area (Å²) >= 11 is 0. The molecule has 1 aliphatic rings. The normalized spacial score (nSPS) is 22.8. The molecule has 5 heteroatoms. The summed E-state index contributed by atoms with van der Waals surface area (Å²) in [5, 5.41) is 12.5. The molecule has 0 bridgehead atoms. The summed E-state index contributed by atoms with van der Waals surface area (Å²) in [4.78, 5) is 11.7. The van der Waals surface area contributed by atoms with E-state index in [-0.39, 0.29) is 24.3 Å². The van der Waals surface area contributed by atoms with Gasteiger partial charge in [-0.3, -0.25) is 4.79 Å². The summed E-state index contributed by atoms with van der Waals surface area (Å²) in [6.45, 7) is -0.246. The first-order valence-corrected chi connectivity index (χ1v) is 6.51. The van der Waals surface area contributed by atoms with Gasteiger partial charge in [0.2, 0.25) is 0 Å². The van der Waals surface area contributed by atoms with E-state index in [0.29, 0.717) is 6.42 Å². The Morgan fingerprint density at radius 2 is 2.11 bits per heavy atom. The first-order valence-electron chi connectivity index (χ1n) is 6.51. The molecule has 0 aliphatic heterocycles. The van der Waals surface area contributed by atoms with Gasteiger partial charge in [-0.25, -0.2) is 4.39 Å². The molecular formula is C14H18FNO3. The summed E-state index contributed by atoms with van der Waals surface area (Å²) in [7, 11) is 0. The molecule has 0 heterocycles. The van der Waals surface area contributed by atoms with Crippen LogP contribution in [0.15, 0.2) is 24.3 Å². The molecule has 1 aromatic carbocycles. The van der Waals surface area contributed by atoms with Crippen LogP contribution in [0.25, 0.3) is 0 Å². The number of aliphatic hydroxyl groups excluding tert-OH is 1. The fourth-order valence-electron chi connectivity index (χ4n) is 2.23. The molecular weight excluding hydrogens is 249 g/mol. The Balaban J connectivity index is 1.80. The van der Waals surface area contributed by atoms with Crippen LogP contribution in [0.1, 0.15) is 25.7 Å². The second-order valence-corrected chi connectivity index (χ2v) is 4.74. The molecule has 104 valence electrons. The van der Waals surface area contributed by atoms with Crippen LogP contribution < -0.4 is 10.1 Å². The molecule has 0 aromatic heterocycles. The van der Waals surface area contributed by atoms with E-state index in [0.717, 1.165) is 19.3 Å². The van der Waals surface area contributed by atoms with Crippen LogP contribution in [0.3, 0.4) is 0 Å². The van der Waals surface area contributed by atoms with Gasteiger partial charge in [0.1, 0.15) is 0 Å². The lowest BCUT2D eigenvalue weighted by molar-refractivity contribution is -0.125. The van der Waals surface area contributed by atoms with E-state index in [1.165, 1.54) is 12.1 Å². The molecule has 0 spiro atoms. The van der Waals surface area contributed by atoms with E-state index < -0.39 is 11.9 Å². The molecule has 4 nitrogen and oxygen atoms in total. The van der Waals surface area contributed by atoms with Gasteiger partial charge >= 0.3 is 0 Å². The number of rotatable bonds is 4. The zero-order chi connectivity index (χ0) is 13.7. The summed E-state index contributed by atoms with van der Waals surface area (Å²) in [5.74, 6) is -0.774. The minimum Gasteiger partial charge on any atom is -0.481 e. The van der Waals surface area contributed by atoms with Crippen molar-refractivity contribution in [2.24, 2.45) is 0 Å². The van der Waals surface area contributed by atoms with Gasteiger partial charge in [0, 0.05) is 0 Å². The molecule has 1 saturated carbocycles. The van der Waals surface area contributed by atoms with Gasteiger partial charge in [-0.2, -0.15) is 0 Å². The van der Waals surface area contributed by atoms with Gasteiger partial charge < -0.3 is 15.2 Å². The van der Waals surface area contributed by atoms with Crippen molar-refractivity contribution in [3.63, 3.8) is 0 Å². The SMILES string of the molecule is O=C(COc1ccccc1F)N[C@H]1CCCC[C@@H]1O. The second kappa shape index (κ2) is 6.52. The zero-order valence-corrected chi connectivity index (χ0v) is 10.6. The summed E-state index contributed by atoms with van der Waals surface area (Å²) in [6, 6.07) is 5.73. The highest BCUT2D eigenvalue weighted by molar-refractivity contribution is 5.77. The number of aliphatic hydroxyl groups is 1. The number of hydrogen-bond acceptors (Lipinski definition) is 3. The highest BCUT2D eigenvalue weighted by atomic mass is 19.1. The second-order valence-electron chi connectivity index (χ2n) is 4.74. The zero-order valence-electron chi connectivity index (χ0n) is 10.6. The molecule has 1 aromatic rings. The first kappa shape index (κ1) is 13.8. The molecule has 2 rings (SSSR count). The van der Waals surface area contributed by atoms with Crippen LogP contribution in [0.5, 0.6) is 5.75 Å². The lowest BCUT2D eigenvalue weighted by Gasteiger charge is -2.28. The Bertz CT molecular complexity index is 438. The monoisotopic (exact) mass is 267 g/mol. The van der Waals surface area contributed by atoms with Crippen molar-refractivity contribution >= 4 is 5.91 Å². The molecule has 1 aliphatic carbocycles. The molecule has 0 unspecified atom stereocenters. The van der Waals surface area contributed by atoms with Crippen LogP contribution in [0, 0.1) is 5.82 Å². The lowest BCUT2D eigenvalue weighted by atomic mass is 9.92. The molecule has 1 fully saturated rings. The van der Waals surface area contributed by atoms with Crippen molar-refractivity contribution in [3.8, 4) is 5.75 Å². The minimum atomic E-state index is -0.494. The molecule has 2 atom stereocenters. The van der Waals surface area contributed by atoms with Gasteiger partial charge in [-0.15, -0.1) is 0 Å². The van der Waals surface area contributed by atoms with E-state index in [1.54, 1.807) is 12.1 Å². The van der Waals surface area contributed by atoms with E-state index in [4.69, 9.17) is 4.74 Å². The van der Waals surface area contributed by atoms with Crippen LogP contribution in [-0.4, -0.2) is 29.8 Å². The minimum absolute atomic E-state index is 0.0573. The maximum absolute atomic E-state index is 13.3. The fraction of sp³-hybridized carbons (Fsp3) is 0.500. The topological polar surface area (TPSA) is 58.6 Å². The third-order valence-electron chi connectivity index (χ3n) is 3.27. The summed E-state index contributed by atoms with van der Waals surface area (Å²) in [6.07, 6.45) is 2.97. The van der Waals surface area contributed by atoms with E-state index in [2.05, 4.69) is 5.32 Å².